The molecule has 2 fully saturated rings. The number of methoxy groups -OCH3 is 1. The molecule has 1 N–H and O–H groups in total. The zero-order chi connectivity index (χ0) is 23.5. The zero-order valence-corrected chi connectivity index (χ0v) is 19.6. The number of anilines is 2. The van der Waals surface area contributed by atoms with Gasteiger partial charge in [-0.05, 0) is 24.5 Å². The Kier molecular flexibility index (Phi) is 7.12. The maximum atomic E-state index is 15.0. The van der Waals surface area contributed by atoms with E-state index in [0.717, 1.165) is 38.0 Å². The van der Waals surface area contributed by atoms with Gasteiger partial charge in [-0.25, -0.2) is 9.37 Å². The minimum absolute atomic E-state index is 0.00476. The molecule has 4 rings (SSSR count). The standard InChI is InChI=1S/C24H29ClFN3O4/c1-15-5-10-29(21(15)13-24(30)31)20-4-3-17(11-19(20)26)33-16-6-8-28(9-7-16)22-12-23(32-2)27-14-18(22)25/h3-4,11-12,14-16,21H,5-10,13H2,1-2H3,(H,30,31)/t15-,21+/m1/s1. The zero-order valence-electron chi connectivity index (χ0n) is 18.8. The van der Waals surface area contributed by atoms with Gasteiger partial charge in [-0.3, -0.25) is 4.79 Å². The molecule has 2 aromatic rings. The molecular formula is C24H29ClFN3O4. The van der Waals surface area contributed by atoms with Crippen LogP contribution < -0.4 is 19.3 Å². The summed E-state index contributed by atoms with van der Waals surface area (Å²) in [7, 11) is 1.57. The number of carbonyl (C=O) groups is 1. The predicted octanol–water partition coefficient (Wildman–Crippen LogP) is 4.62. The van der Waals surface area contributed by atoms with E-state index in [9.17, 15) is 14.3 Å². The summed E-state index contributed by atoms with van der Waals surface area (Å²) in [4.78, 5) is 19.4. The fraction of sp³-hybridized carbons (Fsp3) is 0.500. The molecule has 2 aliphatic rings. The number of benzene rings is 1. The molecule has 2 atom stereocenters. The molecule has 0 unspecified atom stereocenters. The lowest BCUT2D eigenvalue weighted by Gasteiger charge is -2.34. The predicted molar refractivity (Wildman–Crippen MR) is 125 cm³/mol. The molecule has 2 aliphatic heterocycles. The summed E-state index contributed by atoms with van der Waals surface area (Å²) in [6.07, 6.45) is 3.96. The van der Waals surface area contributed by atoms with Gasteiger partial charge >= 0.3 is 5.97 Å². The molecule has 0 amide bonds. The highest BCUT2D eigenvalue weighted by molar-refractivity contribution is 6.33. The molecular weight excluding hydrogens is 449 g/mol. The second-order valence-electron chi connectivity index (χ2n) is 8.72. The molecule has 1 aromatic carbocycles. The van der Waals surface area contributed by atoms with Gasteiger partial charge in [0, 0.05) is 50.7 Å². The van der Waals surface area contributed by atoms with Crippen LogP contribution in [0.2, 0.25) is 5.02 Å². The van der Waals surface area contributed by atoms with Gasteiger partial charge in [-0.2, -0.15) is 0 Å². The van der Waals surface area contributed by atoms with Gasteiger partial charge in [0.25, 0.3) is 0 Å². The maximum absolute atomic E-state index is 15.0. The Morgan fingerprint density at radius 1 is 1.21 bits per heavy atom. The van der Waals surface area contributed by atoms with Crippen molar-refractivity contribution < 1.29 is 23.8 Å². The molecule has 0 saturated carbocycles. The number of pyridine rings is 1. The summed E-state index contributed by atoms with van der Waals surface area (Å²) in [6, 6.07) is 6.51. The third kappa shape index (κ3) is 5.27. The van der Waals surface area contributed by atoms with E-state index >= 15 is 0 Å². The lowest BCUT2D eigenvalue weighted by Crippen LogP contribution is -2.38. The van der Waals surface area contributed by atoms with Crippen molar-refractivity contribution in [3.8, 4) is 11.6 Å². The quantitative estimate of drug-likeness (QED) is 0.623. The first-order valence-corrected chi connectivity index (χ1v) is 11.6. The van der Waals surface area contributed by atoms with Gasteiger partial charge in [0.1, 0.15) is 17.7 Å². The summed E-state index contributed by atoms with van der Waals surface area (Å²) >= 11 is 6.32. The Labute approximate surface area is 198 Å². The second kappa shape index (κ2) is 10.0. The number of aromatic nitrogens is 1. The van der Waals surface area contributed by atoms with Crippen molar-refractivity contribution >= 4 is 28.9 Å². The Morgan fingerprint density at radius 3 is 2.64 bits per heavy atom. The van der Waals surface area contributed by atoms with E-state index in [4.69, 9.17) is 21.1 Å². The van der Waals surface area contributed by atoms with E-state index in [1.54, 1.807) is 25.4 Å². The molecule has 3 heterocycles. The number of ether oxygens (including phenoxy) is 2. The highest BCUT2D eigenvalue weighted by Gasteiger charge is 2.34. The Bertz CT molecular complexity index is 1000. The molecule has 0 bridgehead atoms. The van der Waals surface area contributed by atoms with E-state index in [0.29, 0.717) is 28.9 Å². The molecule has 0 spiro atoms. The average Bonchev–Trinajstić information content (AvgIpc) is 3.14. The summed E-state index contributed by atoms with van der Waals surface area (Å²) in [5.41, 5.74) is 1.32. The van der Waals surface area contributed by atoms with Crippen molar-refractivity contribution in [2.24, 2.45) is 5.92 Å². The Hall–Kier alpha value is -2.74. The highest BCUT2D eigenvalue weighted by atomic mass is 35.5. The highest BCUT2D eigenvalue weighted by Crippen LogP contribution is 2.35. The Balaban J connectivity index is 1.38. The van der Waals surface area contributed by atoms with Crippen LogP contribution in [-0.2, 0) is 4.79 Å². The van der Waals surface area contributed by atoms with Crippen LogP contribution in [0.4, 0.5) is 15.8 Å². The number of hydrogen-bond donors (Lipinski definition) is 1. The first-order valence-electron chi connectivity index (χ1n) is 11.2. The van der Waals surface area contributed by atoms with E-state index in [-0.39, 0.29) is 30.3 Å². The fourth-order valence-corrected chi connectivity index (χ4v) is 4.98. The molecule has 33 heavy (non-hydrogen) atoms. The molecule has 0 aliphatic carbocycles. The molecule has 0 radical (unpaired) electrons. The number of nitrogens with zero attached hydrogens (tertiary/aromatic N) is 3. The van der Waals surface area contributed by atoms with Gasteiger partial charge in [0.2, 0.25) is 5.88 Å². The van der Waals surface area contributed by atoms with Crippen molar-refractivity contribution in [2.75, 3.05) is 36.5 Å². The van der Waals surface area contributed by atoms with Crippen molar-refractivity contribution in [2.45, 2.75) is 44.8 Å². The normalized spacial score (nSPS) is 21.3. The molecule has 1 aromatic heterocycles. The summed E-state index contributed by atoms with van der Waals surface area (Å²) in [6.45, 7) is 4.17. The lowest BCUT2D eigenvalue weighted by atomic mass is 10.00. The van der Waals surface area contributed by atoms with Crippen LogP contribution in [0, 0.1) is 11.7 Å². The van der Waals surface area contributed by atoms with Gasteiger partial charge < -0.3 is 24.4 Å². The number of piperidine rings is 1. The molecule has 7 nitrogen and oxygen atoms in total. The molecule has 2 saturated heterocycles. The van der Waals surface area contributed by atoms with E-state index in [1.165, 1.54) is 6.07 Å². The Morgan fingerprint density at radius 2 is 1.97 bits per heavy atom. The van der Waals surface area contributed by atoms with Crippen LogP contribution in [0.1, 0.15) is 32.6 Å². The van der Waals surface area contributed by atoms with Gasteiger partial charge in [0.05, 0.1) is 36.1 Å². The average molecular weight is 478 g/mol. The third-order valence-electron chi connectivity index (χ3n) is 6.60. The van der Waals surface area contributed by atoms with Crippen LogP contribution in [0.25, 0.3) is 0 Å². The minimum atomic E-state index is -0.864. The summed E-state index contributed by atoms with van der Waals surface area (Å²) < 4.78 is 26.3. The van der Waals surface area contributed by atoms with Crippen LogP contribution >= 0.6 is 11.6 Å². The van der Waals surface area contributed by atoms with Gasteiger partial charge in [0.15, 0.2) is 0 Å². The number of halogens is 2. The van der Waals surface area contributed by atoms with E-state index in [1.807, 2.05) is 17.9 Å². The number of carboxylic acids is 1. The van der Waals surface area contributed by atoms with Crippen LogP contribution in [0.3, 0.4) is 0 Å². The van der Waals surface area contributed by atoms with Crippen molar-refractivity contribution in [1.29, 1.82) is 0 Å². The van der Waals surface area contributed by atoms with Crippen LogP contribution in [0.5, 0.6) is 11.6 Å². The summed E-state index contributed by atoms with van der Waals surface area (Å²) in [5, 5.41) is 9.80. The third-order valence-corrected chi connectivity index (χ3v) is 6.89. The minimum Gasteiger partial charge on any atom is -0.490 e. The van der Waals surface area contributed by atoms with Crippen molar-refractivity contribution in [1.82, 2.24) is 4.98 Å². The van der Waals surface area contributed by atoms with Crippen LogP contribution in [0.15, 0.2) is 30.5 Å². The van der Waals surface area contributed by atoms with Gasteiger partial charge in [-0.1, -0.05) is 18.5 Å². The first-order chi connectivity index (χ1) is 15.9. The van der Waals surface area contributed by atoms with E-state index < -0.39 is 5.97 Å². The smallest absolute Gasteiger partial charge is 0.305 e. The second-order valence-corrected chi connectivity index (χ2v) is 9.13. The topological polar surface area (TPSA) is 75.1 Å². The maximum Gasteiger partial charge on any atom is 0.305 e. The monoisotopic (exact) mass is 477 g/mol. The SMILES string of the molecule is COc1cc(N2CCC(Oc3ccc(N4CC[C@@H](C)[C@@H]4CC(=O)O)c(F)c3)CC2)c(Cl)cn1. The number of aliphatic carboxylic acids is 1. The number of rotatable bonds is 7. The van der Waals surface area contributed by atoms with Gasteiger partial charge in [-0.15, -0.1) is 0 Å². The molecule has 178 valence electrons. The van der Waals surface area contributed by atoms with Crippen molar-refractivity contribution in [3.05, 3.63) is 41.3 Å². The largest absolute Gasteiger partial charge is 0.490 e. The van der Waals surface area contributed by atoms with Crippen molar-refractivity contribution in [3.63, 3.8) is 0 Å². The van der Waals surface area contributed by atoms with E-state index in [2.05, 4.69) is 9.88 Å². The van der Waals surface area contributed by atoms with Crippen LogP contribution in [-0.4, -0.2) is 54.9 Å². The first kappa shape index (κ1) is 23.4. The molecule has 9 heteroatoms. The fourth-order valence-electron chi connectivity index (χ4n) is 4.76. The number of hydrogen-bond acceptors (Lipinski definition) is 6. The lowest BCUT2D eigenvalue weighted by molar-refractivity contribution is -0.137. The number of carboxylic acid groups (broad SMARTS) is 1. The summed E-state index contributed by atoms with van der Waals surface area (Å²) in [5.74, 6) is -0.0424.